The largest absolute Gasteiger partial charge is 0.493 e. The number of methoxy groups -OCH3 is 2. The van der Waals surface area contributed by atoms with Crippen molar-refractivity contribution in [1.82, 2.24) is 4.90 Å². The summed E-state index contributed by atoms with van der Waals surface area (Å²) in [5.74, 6) is 1.09. The van der Waals surface area contributed by atoms with Gasteiger partial charge < -0.3 is 19.1 Å². The summed E-state index contributed by atoms with van der Waals surface area (Å²) < 4.78 is 42.2. The number of nitrogens with zero attached hydrogens (tertiary/aromatic N) is 1. The molecule has 176 valence electrons. The van der Waals surface area contributed by atoms with Crippen LogP contribution >= 0.6 is 0 Å². The third kappa shape index (κ3) is 4.61. The third-order valence-corrected chi connectivity index (χ3v) is 6.61. The van der Waals surface area contributed by atoms with E-state index < -0.39 is 15.6 Å². The molecule has 1 saturated heterocycles. The first-order chi connectivity index (χ1) is 15.6. The number of carbonyl (C=O) groups is 2. The van der Waals surface area contributed by atoms with E-state index in [-0.39, 0.29) is 18.1 Å². The number of hydrogen-bond donors (Lipinski definition) is 1. The smallest absolute Gasteiger partial charge is 0.253 e. The maximum Gasteiger partial charge on any atom is 0.253 e. The Morgan fingerprint density at radius 1 is 1.06 bits per heavy atom. The number of benzene rings is 2. The number of amides is 1. The van der Waals surface area contributed by atoms with E-state index in [2.05, 4.69) is 4.72 Å². The van der Waals surface area contributed by atoms with Crippen LogP contribution in [0.2, 0.25) is 0 Å². The second-order valence-corrected chi connectivity index (χ2v) is 10.1. The molecule has 0 aliphatic carbocycles. The normalized spacial score (nSPS) is 17.2. The molecule has 2 aliphatic rings. The first kappa shape index (κ1) is 22.9. The lowest BCUT2D eigenvalue weighted by Crippen LogP contribution is -2.52. The van der Waals surface area contributed by atoms with E-state index in [4.69, 9.17) is 14.2 Å². The molecule has 0 saturated carbocycles. The van der Waals surface area contributed by atoms with Crippen LogP contribution in [0.5, 0.6) is 17.2 Å². The molecule has 1 fully saturated rings. The van der Waals surface area contributed by atoms with Crippen molar-refractivity contribution in [2.24, 2.45) is 0 Å². The molecular weight excluding hydrogens is 448 g/mol. The van der Waals surface area contributed by atoms with E-state index in [1.807, 2.05) is 0 Å². The van der Waals surface area contributed by atoms with Gasteiger partial charge in [0.05, 0.1) is 32.5 Å². The summed E-state index contributed by atoms with van der Waals surface area (Å²) in [6.45, 7) is 0.855. The van der Waals surface area contributed by atoms with Gasteiger partial charge in [-0.3, -0.25) is 14.3 Å². The van der Waals surface area contributed by atoms with Crippen LogP contribution in [-0.2, 0) is 10.0 Å². The Balaban J connectivity index is 1.48. The number of hydrogen-bond acceptors (Lipinski definition) is 7. The predicted molar refractivity (Wildman–Crippen MR) is 122 cm³/mol. The zero-order valence-corrected chi connectivity index (χ0v) is 19.5. The monoisotopic (exact) mass is 474 g/mol. The zero-order chi connectivity index (χ0) is 23.8. The van der Waals surface area contributed by atoms with Gasteiger partial charge in [-0.25, -0.2) is 8.42 Å². The first-order valence-corrected chi connectivity index (χ1v) is 12.4. The molecule has 1 amide bonds. The minimum atomic E-state index is -3.39. The highest BCUT2D eigenvalue weighted by Crippen LogP contribution is 2.47. The number of fused-ring (bicyclic) bond motifs is 1. The fourth-order valence-electron chi connectivity index (χ4n) is 4.33. The van der Waals surface area contributed by atoms with E-state index in [1.165, 1.54) is 14.2 Å². The molecule has 0 aromatic heterocycles. The molecule has 2 heterocycles. The highest BCUT2D eigenvalue weighted by atomic mass is 32.2. The van der Waals surface area contributed by atoms with Crippen molar-refractivity contribution in [3.05, 3.63) is 47.5 Å². The standard InChI is InChI=1S/C23H26N2O7S/c1-30-19-9-8-17-18(26)14-23(32-20(17)21(19)31-2)10-12-25(13-11-23)22(27)15-4-6-16(7-5-15)24-33(3,28)29/h4-9,24H,10-14H2,1-3H3. The van der Waals surface area contributed by atoms with E-state index >= 15 is 0 Å². The SMILES string of the molecule is COc1ccc2c(c1OC)OC1(CCN(C(=O)c3ccc(NS(C)(=O)=O)cc3)CC1)CC2=O. The molecule has 1 spiro atoms. The number of sulfonamides is 1. The number of ether oxygens (including phenoxy) is 3. The minimum Gasteiger partial charge on any atom is -0.493 e. The number of anilines is 1. The number of ketones is 1. The van der Waals surface area contributed by atoms with Crippen LogP contribution in [0.15, 0.2) is 36.4 Å². The van der Waals surface area contributed by atoms with E-state index in [9.17, 15) is 18.0 Å². The van der Waals surface area contributed by atoms with E-state index in [1.54, 1.807) is 41.3 Å². The van der Waals surface area contributed by atoms with Crippen LogP contribution in [0, 0.1) is 0 Å². The molecule has 0 unspecified atom stereocenters. The lowest BCUT2D eigenvalue weighted by Gasteiger charge is -2.44. The van der Waals surface area contributed by atoms with Crippen molar-refractivity contribution >= 4 is 27.4 Å². The zero-order valence-electron chi connectivity index (χ0n) is 18.7. The third-order valence-electron chi connectivity index (χ3n) is 6.00. The van der Waals surface area contributed by atoms with Crippen LogP contribution in [0.3, 0.4) is 0 Å². The highest BCUT2D eigenvalue weighted by molar-refractivity contribution is 7.92. The second kappa shape index (κ2) is 8.58. The van der Waals surface area contributed by atoms with Gasteiger partial charge in [0.25, 0.3) is 5.91 Å². The molecule has 2 aromatic rings. The second-order valence-electron chi connectivity index (χ2n) is 8.31. The average molecular weight is 475 g/mol. The van der Waals surface area contributed by atoms with Gasteiger partial charge >= 0.3 is 0 Å². The van der Waals surface area contributed by atoms with Crippen molar-refractivity contribution in [2.75, 3.05) is 38.3 Å². The molecular formula is C23H26N2O7S. The van der Waals surface area contributed by atoms with E-state index in [0.717, 1.165) is 6.26 Å². The van der Waals surface area contributed by atoms with Crippen molar-refractivity contribution in [2.45, 2.75) is 24.9 Å². The molecule has 4 rings (SSSR count). The number of rotatable bonds is 5. The van der Waals surface area contributed by atoms with E-state index in [0.29, 0.717) is 60.0 Å². The molecule has 0 radical (unpaired) electrons. The van der Waals surface area contributed by atoms with Crippen LogP contribution in [0.4, 0.5) is 5.69 Å². The summed E-state index contributed by atoms with van der Waals surface area (Å²) in [6, 6.07) is 9.67. The number of piperidine rings is 1. The quantitative estimate of drug-likeness (QED) is 0.709. The summed E-state index contributed by atoms with van der Waals surface area (Å²) in [4.78, 5) is 27.6. The predicted octanol–water partition coefficient (Wildman–Crippen LogP) is 2.72. The first-order valence-electron chi connectivity index (χ1n) is 10.5. The van der Waals surface area contributed by atoms with Crippen molar-refractivity contribution in [3.63, 3.8) is 0 Å². The van der Waals surface area contributed by atoms with Gasteiger partial charge in [-0.15, -0.1) is 0 Å². The Morgan fingerprint density at radius 2 is 1.73 bits per heavy atom. The molecule has 9 nitrogen and oxygen atoms in total. The summed E-state index contributed by atoms with van der Waals surface area (Å²) in [7, 11) is -0.354. The molecule has 33 heavy (non-hydrogen) atoms. The summed E-state index contributed by atoms with van der Waals surface area (Å²) >= 11 is 0. The van der Waals surface area contributed by atoms with Crippen LogP contribution in [-0.4, -0.2) is 64.2 Å². The minimum absolute atomic E-state index is 0.0223. The summed E-state index contributed by atoms with van der Waals surface area (Å²) in [5, 5.41) is 0. The van der Waals surface area contributed by atoms with Crippen molar-refractivity contribution in [1.29, 1.82) is 0 Å². The maximum absolute atomic E-state index is 13.0. The number of carbonyl (C=O) groups excluding carboxylic acids is 2. The lowest BCUT2D eigenvalue weighted by molar-refractivity contribution is -0.00746. The van der Waals surface area contributed by atoms with Gasteiger partial charge in [0.2, 0.25) is 15.8 Å². The Labute approximate surface area is 192 Å². The van der Waals surface area contributed by atoms with Gasteiger partial charge in [0.15, 0.2) is 17.3 Å². The van der Waals surface area contributed by atoms with Crippen molar-refractivity contribution < 1.29 is 32.2 Å². The lowest BCUT2D eigenvalue weighted by atomic mass is 9.82. The Hall–Kier alpha value is -3.27. The molecule has 2 aromatic carbocycles. The van der Waals surface area contributed by atoms with Gasteiger partial charge in [0.1, 0.15) is 5.60 Å². The summed E-state index contributed by atoms with van der Waals surface area (Å²) in [6.07, 6.45) is 2.30. The maximum atomic E-state index is 13.0. The van der Waals surface area contributed by atoms with Crippen LogP contribution in [0.25, 0.3) is 0 Å². The number of Topliss-reactive ketones (excluding diaryl/α,β-unsaturated/α-hetero) is 1. The molecule has 0 atom stereocenters. The van der Waals surface area contributed by atoms with Gasteiger partial charge in [-0.05, 0) is 36.4 Å². The van der Waals surface area contributed by atoms with Crippen LogP contribution < -0.4 is 18.9 Å². The van der Waals surface area contributed by atoms with Gasteiger partial charge in [-0.1, -0.05) is 0 Å². The van der Waals surface area contributed by atoms with Gasteiger partial charge in [0, 0.05) is 37.2 Å². The molecule has 2 aliphatic heterocycles. The average Bonchev–Trinajstić information content (AvgIpc) is 2.77. The Morgan fingerprint density at radius 3 is 2.30 bits per heavy atom. The Bertz CT molecular complexity index is 1180. The molecule has 1 N–H and O–H groups in total. The summed E-state index contributed by atoms with van der Waals surface area (Å²) in [5.41, 5.74) is 0.620. The Kier molecular flexibility index (Phi) is 5.96. The topological polar surface area (TPSA) is 111 Å². The van der Waals surface area contributed by atoms with Gasteiger partial charge in [-0.2, -0.15) is 0 Å². The fraction of sp³-hybridized carbons (Fsp3) is 0.391. The molecule has 0 bridgehead atoms. The van der Waals surface area contributed by atoms with Crippen LogP contribution in [0.1, 0.15) is 40.0 Å². The number of likely N-dealkylation sites (tertiary alicyclic amines) is 1. The fourth-order valence-corrected chi connectivity index (χ4v) is 4.90. The highest BCUT2D eigenvalue weighted by Gasteiger charge is 2.45. The van der Waals surface area contributed by atoms with Crippen molar-refractivity contribution in [3.8, 4) is 17.2 Å². The molecule has 10 heteroatoms. The number of nitrogens with one attached hydrogen (secondary N) is 1.